The van der Waals surface area contributed by atoms with Crippen molar-refractivity contribution in [1.29, 1.82) is 0 Å². The van der Waals surface area contributed by atoms with E-state index < -0.39 is 0 Å². The Morgan fingerprint density at radius 2 is 0.965 bits per heavy atom. The van der Waals surface area contributed by atoms with Crippen molar-refractivity contribution < 1.29 is 9.53 Å². The number of ether oxygens (including phenoxy) is 1. The summed E-state index contributed by atoms with van der Waals surface area (Å²) in [6.45, 7) is 13.4. The first-order valence-corrected chi connectivity index (χ1v) is 21.2. The highest BCUT2D eigenvalue weighted by molar-refractivity contribution is 6.21. The number of hydrogen-bond donors (Lipinski definition) is 0. The third-order valence-electron chi connectivity index (χ3n) is 13.9. The van der Waals surface area contributed by atoms with E-state index in [1.165, 1.54) is 99.9 Å². The largest absolute Gasteiger partial charge is 0.463 e. The molecule has 7 aromatic rings. The van der Waals surface area contributed by atoms with E-state index in [0.717, 1.165) is 44.9 Å². The zero-order chi connectivity index (χ0) is 39.3. The third kappa shape index (κ3) is 5.63. The molecule has 0 unspecified atom stereocenters. The van der Waals surface area contributed by atoms with Crippen molar-refractivity contribution in [3.05, 3.63) is 168 Å². The van der Waals surface area contributed by atoms with E-state index in [1.807, 2.05) is 0 Å². The average molecular weight is 745 g/mol. The van der Waals surface area contributed by atoms with Gasteiger partial charge in [-0.2, -0.15) is 0 Å². The standard InChI is InChI=1S/C55H52O2/c1-6-51(56)57-32-18-17-19-36-26-29-40-42-31-28-38(35-50(42)55(9-4,10-5)48(40)33-36)53-45-23-13-11-21-43(45)52(44-22-12-14-24-46(44)53)37-27-30-41-39-20-15-16-25-47(39)54(7-2,8-3)49(41)34-37/h6,11-16,20-31,33-35H,1,7-10,17-19,32H2,2-5H3. The van der Waals surface area contributed by atoms with E-state index in [2.05, 4.69) is 162 Å². The molecule has 2 aliphatic carbocycles. The Hall–Kier alpha value is -5.73. The Morgan fingerprint density at radius 3 is 1.47 bits per heavy atom. The molecule has 0 fully saturated rings. The predicted octanol–water partition coefficient (Wildman–Crippen LogP) is 14.6. The fourth-order valence-corrected chi connectivity index (χ4v) is 10.9. The number of esters is 1. The van der Waals surface area contributed by atoms with Crippen LogP contribution < -0.4 is 0 Å². The van der Waals surface area contributed by atoms with Crippen molar-refractivity contribution in [2.24, 2.45) is 0 Å². The maximum atomic E-state index is 11.5. The van der Waals surface area contributed by atoms with Crippen LogP contribution in [0, 0.1) is 0 Å². The SMILES string of the molecule is C=CC(=O)OCCCCc1ccc2c(c1)C(CC)(CC)c1cc(-c3c4ccccc4c(-c4ccc5c(c4)C(CC)(CC)c4ccccc4-5)c4ccccc34)ccc1-2. The van der Waals surface area contributed by atoms with Crippen molar-refractivity contribution in [1.82, 2.24) is 0 Å². The van der Waals surface area contributed by atoms with Crippen molar-refractivity contribution in [3.8, 4) is 44.5 Å². The van der Waals surface area contributed by atoms with Crippen molar-refractivity contribution in [2.45, 2.75) is 83.5 Å². The zero-order valence-corrected chi connectivity index (χ0v) is 33.9. The normalized spacial score (nSPS) is 14.2. The van der Waals surface area contributed by atoms with Gasteiger partial charge in [0.15, 0.2) is 0 Å². The van der Waals surface area contributed by atoms with Crippen LogP contribution >= 0.6 is 0 Å². The molecule has 0 bridgehead atoms. The molecule has 9 rings (SSSR count). The third-order valence-corrected chi connectivity index (χ3v) is 13.9. The maximum Gasteiger partial charge on any atom is 0.330 e. The van der Waals surface area contributed by atoms with E-state index in [9.17, 15) is 4.79 Å². The molecule has 57 heavy (non-hydrogen) atoms. The molecule has 0 amide bonds. The first-order chi connectivity index (χ1) is 27.9. The molecule has 2 heteroatoms. The molecule has 0 aromatic heterocycles. The van der Waals surface area contributed by atoms with Gasteiger partial charge in [-0.3, -0.25) is 0 Å². The van der Waals surface area contributed by atoms with Gasteiger partial charge >= 0.3 is 5.97 Å². The summed E-state index contributed by atoms with van der Waals surface area (Å²) in [5.74, 6) is -0.349. The van der Waals surface area contributed by atoms with Gasteiger partial charge in [0, 0.05) is 16.9 Å². The average Bonchev–Trinajstić information content (AvgIpc) is 3.70. The summed E-state index contributed by atoms with van der Waals surface area (Å²) in [4.78, 5) is 11.5. The van der Waals surface area contributed by atoms with Crippen LogP contribution in [0.25, 0.3) is 66.1 Å². The molecular weight excluding hydrogens is 693 g/mol. The molecule has 0 N–H and O–H groups in total. The number of benzene rings is 7. The number of rotatable bonds is 12. The molecular formula is C55H52O2. The zero-order valence-electron chi connectivity index (χ0n) is 33.9. The summed E-state index contributed by atoms with van der Waals surface area (Å²) in [7, 11) is 0. The van der Waals surface area contributed by atoms with Crippen molar-refractivity contribution >= 4 is 27.5 Å². The lowest BCUT2D eigenvalue weighted by Gasteiger charge is -2.30. The number of aryl methyl sites for hydroxylation is 1. The second kappa shape index (κ2) is 14.6. The van der Waals surface area contributed by atoms with Crippen LogP contribution in [-0.4, -0.2) is 12.6 Å². The fraction of sp³-hybridized carbons (Fsp3) is 0.255. The second-order valence-electron chi connectivity index (χ2n) is 16.2. The lowest BCUT2D eigenvalue weighted by atomic mass is 9.72. The van der Waals surface area contributed by atoms with Crippen LogP contribution in [0.3, 0.4) is 0 Å². The molecule has 284 valence electrons. The number of carbonyl (C=O) groups is 1. The molecule has 0 atom stereocenters. The van der Waals surface area contributed by atoms with E-state index in [-0.39, 0.29) is 16.8 Å². The quantitative estimate of drug-likeness (QED) is 0.0539. The lowest BCUT2D eigenvalue weighted by molar-refractivity contribution is -0.137. The van der Waals surface area contributed by atoms with Gasteiger partial charge in [0.2, 0.25) is 0 Å². The molecule has 0 radical (unpaired) electrons. The van der Waals surface area contributed by atoms with E-state index in [0.29, 0.717) is 6.61 Å². The predicted molar refractivity (Wildman–Crippen MR) is 240 cm³/mol. The van der Waals surface area contributed by atoms with Gasteiger partial charge < -0.3 is 4.74 Å². The van der Waals surface area contributed by atoms with Gasteiger partial charge in [0.1, 0.15) is 0 Å². The number of fused-ring (bicyclic) bond motifs is 8. The highest BCUT2D eigenvalue weighted by Crippen LogP contribution is 2.56. The molecule has 0 saturated heterocycles. The monoisotopic (exact) mass is 744 g/mol. The first kappa shape index (κ1) is 36.9. The van der Waals surface area contributed by atoms with Crippen molar-refractivity contribution in [2.75, 3.05) is 6.61 Å². The molecule has 7 aromatic carbocycles. The number of unbranched alkanes of at least 4 members (excludes halogenated alkanes) is 1. The summed E-state index contributed by atoms with van der Waals surface area (Å²) >= 11 is 0. The summed E-state index contributed by atoms with van der Waals surface area (Å²) in [6.07, 6.45) is 8.23. The van der Waals surface area contributed by atoms with Crippen LogP contribution in [0.1, 0.15) is 94.0 Å². The minimum absolute atomic E-state index is 0.0171. The Labute approximate surface area is 338 Å². The summed E-state index contributed by atoms with van der Waals surface area (Å²) in [5.41, 5.74) is 17.8. The summed E-state index contributed by atoms with van der Waals surface area (Å²) in [6, 6.07) is 49.0. The van der Waals surface area contributed by atoms with Crippen LogP contribution in [0.2, 0.25) is 0 Å². The van der Waals surface area contributed by atoms with Crippen LogP contribution in [0.4, 0.5) is 0 Å². The highest BCUT2D eigenvalue weighted by Gasteiger charge is 2.42. The molecule has 2 aliphatic rings. The summed E-state index contributed by atoms with van der Waals surface area (Å²) in [5, 5.41) is 5.18. The Balaban J connectivity index is 1.16. The van der Waals surface area contributed by atoms with Crippen LogP contribution in [0.5, 0.6) is 0 Å². The number of carbonyl (C=O) groups excluding carboxylic acids is 1. The molecule has 0 spiro atoms. The van der Waals surface area contributed by atoms with E-state index in [1.54, 1.807) is 0 Å². The van der Waals surface area contributed by atoms with Gasteiger partial charge in [0.05, 0.1) is 6.61 Å². The van der Waals surface area contributed by atoms with E-state index in [4.69, 9.17) is 4.74 Å². The van der Waals surface area contributed by atoms with Gasteiger partial charge in [-0.25, -0.2) is 4.79 Å². The van der Waals surface area contributed by atoms with Gasteiger partial charge in [-0.1, -0.05) is 150 Å². The minimum atomic E-state index is -0.349. The van der Waals surface area contributed by atoms with Gasteiger partial charge in [-0.15, -0.1) is 0 Å². The van der Waals surface area contributed by atoms with Gasteiger partial charge in [-0.05, 0) is 151 Å². The van der Waals surface area contributed by atoms with Crippen LogP contribution in [-0.2, 0) is 26.8 Å². The van der Waals surface area contributed by atoms with Gasteiger partial charge in [0.25, 0.3) is 0 Å². The molecule has 0 heterocycles. The number of hydrogen-bond acceptors (Lipinski definition) is 2. The topological polar surface area (TPSA) is 26.3 Å². The van der Waals surface area contributed by atoms with Crippen molar-refractivity contribution in [3.63, 3.8) is 0 Å². The lowest BCUT2D eigenvalue weighted by Crippen LogP contribution is -2.23. The second-order valence-corrected chi connectivity index (χ2v) is 16.2. The Kier molecular flexibility index (Phi) is 9.48. The van der Waals surface area contributed by atoms with Crippen LogP contribution in [0.15, 0.2) is 140 Å². The highest BCUT2D eigenvalue weighted by atomic mass is 16.5. The Bertz CT molecular complexity index is 2650. The Morgan fingerprint density at radius 1 is 0.526 bits per heavy atom. The van der Waals surface area contributed by atoms with E-state index >= 15 is 0 Å². The maximum absolute atomic E-state index is 11.5. The molecule has 0 saturated carbocycles. The minimum Gasteiger partial charge on any atom is -0.463 e. The summed E-state index contributed by atoms with van der Waals surface area (Å²) < 4.78 is 5.23. The fourth-order valence-electron chi connectivity index (χ4n) is 10.9. The molecule has 2 nitrogen and oxygen atoms in total. The molecule has 0 aliphatic heterocycles. The smallest absolute Gasteiger partial charge is 0.330 e. The first-order valence-electron chi connectivity index (χ1n) is 21.2.